The van der Waals surface area contributed by atoms with Crippen molar-refractivity contribution in [1.29, 1.82) is 0 Å². The van der Waals surface area contributed by atoms with Crippen molar-refractivity contribution in [2.24, 2.45) is 0 Å². The minimum atomic E-state index is -0.0540. The molecule has 1 aromatic carbocycles. The summed E-state index contributed by atoms with van der Waals surface area (Å²) in [6, 6.07) is 7.92. The molecule has 2 aromatic rings. The van der Waals surface area contributed by atoms with Gasteiger partial charge in [0.2, 0.25) is 5.91 Å². The van der Waals surface area contributed by atoms with Gasteiger partial charge in [-0.15, -0.1) is 11.3 Å². The van der Waals surface area contributed by atoms with Crippen molar-refractivity contribution in [3.05, 3.63) is 34.1 Å². The number of hydrogen-bond donors (Lipinski definition) is 1. The normalized spacial score (nSPS) is 10.7. The lowest BCUT2D eigenvalue weighted by Gasteiger charge is -2.07. The van der Waals surface area contributed by atoms with E-state index in [1.807, 2.05) is 48.6 Å². The van der Waals surface area contributed by atoms with Crippen LogP contribution in [0.15, 0.2) is 34.1 Å². The molecule has 0 spiro atoms. The monoisotopic (exact) mass is 339 g/mol. The van der Waals surface area contributed by atoms with Crippen LogP contribution in [0.4, 0.5) is 5.13 Å². The van der Waals surface area contributed by atoms with Crippen LogP contribution in [0, 0.1) is 0 Å². The minimum Gasteiger partial charge on any atom is -0.301 e. The fraction of sp³-hybridized carbons (Fsp3) is 0.231. The van der Waals surface area contributed by atoms with Crippen LogP contribution in [-0.2, 0) is 4.79 Å². The summed E-state index contributed by atoms with van der Waals surface area (Å²) in [5.74, 6) is -0.0540. The predicted octanol–water partition coefficient (Wildman–Crippen LogP) is 3.07. The number of anilines is 1. The smallest absolute Gasteiger partial charge is 0.240 e. The van der Waals surface area contributed by atoms with E-state index in [-0.39, 0.29) is 5.91 Å². The summed E-state index contributed by atoms with van der Waals surface area (Å²) in [5.41, 5.74) is 1.91. The van der Waals surface area contributed by atoms with E-state index in [0.717, 1.165) is 15.7 Å². The summed E-state index contributed by atoms with van der Waals surface area (Å²) in [5, 5.41) is 5.36. The van der Waals surface area contributed by atoms with Gasteiger partial charge in [-0.25, -0.2) is 4.98 Å². The molecule has 0 atom stereocenters. The molecule has 0 unspecified atom stereocenters. The molecule has 0 saturated heterocycles. The van der Waals surface area contributed by atoms with Gasteiger partial charge in [-0.1, -0.05) is 28.1 Å². The third-order valence-corrected chi connectivity index (χ3v) is 3.64. The highest BCUT2D eigenvalue weighted by atomic mass is 79.9. The van der Waals surface area contributed by atoms with Gasteiger partial charge in [-0.3, -0.25) is 4.79 Å². The van der Waals surface area contributed by atoms with Crippen LogP contribution < -0.4 is 5.32 Å². The third kappa shape index (κ3) is 4.12. The average Bonchev–Trinajstić information content (AvgIpc) is 2.77. The summed E-state index contributed by atoms with van der Waals surface area (Å²) >= 11 is 4.83. The zero-order chi connectivity index (χ0) is 13.8. The van der Waals surface area contributed by atoms with Crippen molar-refractivity contribution < 1.29 is 4.79 Å². The van der Waals surface area contributed by atoms with Crippen LogP contribution in [0.1, 0.15) is 0 Å². The van der Waals surface area contributed by atoms with E-state index in [9.17, 15) is 4.79 Å². The van der Waals surface area contributed by atoms with E-state index < -0.39 is 0 Å². The Labute approximate surface area is 124 Å². The largest absolute Gasteiger partial charge is 0.301 e. The van der Waals surface area contributed by atoms with E-state index in [2.05, 4.69) is 26.2 Å². The number of aromatic nitrogens is 1. The van der Waals surface area contributed by atoms with Gasteiger partial charge in [0.1, 0.15) is 0 Å². The van der Waals surface area contributed by atoms with Crippen LogP contribution in [0.2, 0.25) is 0 Å². The topological polar surface area (TPSA) is 45.2 Å². The first-order valence-corrected chi connectivity index (χ1v) is 7.38. The second-order valence-electron chi connectivity index (χ2n) is 4.33. The number of hydrogen-bond acceptors (Lipinski definition) is 4. The summed E-state index contributed by atoms with van der Waals surface area (Å²) in [7, 11) is 3.71. The Bertz CT molecular complexity index is 566. The van der Waals surface area contributed by atoms with Crippen LogP contribution in [0.5, 0.6) is 0 Å². The van der Waals surface area contributed by atoms with E-state index >= 15 is 0 Å². The quantitative estimate of drug-likeness (QED) is 0.930. The van der Waals surface area contributed by atoms with E-state index in [1.165, 1.54) is 11.3 Å². The van der Waals surface area contributed by atoms with Gasteiger partial charge in [0.05, 0.1) is 12.2 Å². The molecule has 1 heterocycles. The second kappa shape index (κ2) is 6.27. The number of carbonyl (C=O) groups is 1. The summed E-state index contributed by atoms with van der Waals surface area (Å²) in [6.07, 6.45) is 0. The van der Waals surface area contributed by atoms with Gasteiger partial charge in [0.15, 0.2) is 5.13 Å². The van der Waals surface area contributed by atoms with Crippen LogP contribution in [0.3, 0.4) is 0 Å². The highest BCUT2D eigenvalue weighted by molar-refractivity contribution is 9.10. The van der Waals surface area contributed by atoms with Gasteiger partial charge in [0, 0.05) is 15.4 Å². The number of likely N-dealkylation sites (N-methyl/N-ethyl adjacent to an activating group) is 1. The average molecular weight is 340 g/mol. The van der Waals surface area contributed by atoms with Gasteiger partial charge < -0.3 is 10.2 Å². The maximum Gasteiger partial charge on any atom is 0.240 e. The van der Waals surface area contributed by atoms with Gasteiger partial charge in [0.25, 0.3) is 0 Å². The number of halogens is 1. The molecule has 19 heavy (non-hydrogen) atoms. The molecule has 0 saturated carbocycles. The molecule has 2 rings (SSSR count). The van der Waals surface area contributed by atoms with Gasteiger partial charge in [-0.2, -0.15) is 0 Å². The lowest BCUT2D eigenvalue weighted by molar-refractivity contribution is -0.116. The van der Waals surface area contributed by atoms with Gasteiger partial charge >= 0.3 is 0 Å². The lowest BCUT2D eigenvalue weighted by atomic mass is 10.2. The predicted molar refractivity (Wildman–Crippen MR) is 82.4 cm³/mol. The Balaban J connectivity index is 2.07. The highest BCUT2D eigenvalue weighted by Crippen LogP contribution is 2.25. The molecular formula is C13H14BrN3OS. The van der Waals surface area contributed by atoms with Gasteiger partial charge in [-0.05, 0) is 26.2 Å². The number of carbonyl (C=O) groups excluding carboxylic acids is 1. The van der Waals surface area contributed by atoms with E-state index in [4.69, 9.17) is 0 Å². The van der Waals surface area contributed by atoms with E-state index in [0.29, 0.717) is 11.7 Å². The highest BCUT2D eigenvalue weighted by Gasteiger charge is 2.08. The molecule has 0 radical (unpaired) electrons. The maximum absolute atomic E-state index is 11.6. The van der Waals surface area contributed by atoms with Crippen molar-refractivity contribution in [1.82, 2.24) is 9.88 Å². The lowest BCUT2D eigenvalue weighted by Crippen LogP contribution is -2.26. The molecule has 0 bridgehead atoms. The number of nitrogens with zero attached hydrogens (tertiary/aromatic N) is 2. The molecule has 1 amide bonds. The zero-order valence-corrected chi connectivity index (χ0v) is 13.1. The minimum absolute atomic E-state index is 0.0540. The SMILES string of the molecule is CN(C)CC(=O)Nc1nc(-c2ccc(Br)cc2)cs1. The first-order valence-electron chi connectivity index (χ1n) is 5.70. The molecule has 0 aliphatic carbocycles. The van der Waals surface area contributed by atoms with Crippen LogP contribution >= 0.6 is 27.3 Å². The van der Waals surface area contributed by atoms with E-state index in [1.54, 1.807) is 0 Å². The fourth-order valence-corrected chi connectivity index (χ4v) is 2.53. The van der Waals surface area contributed by atoms with Crippen LogP contribution in [0.25, 0.3) is 11.3 Å². The number of thiazole rings is 1. The number of benzene rings is 1. The standard InChI is InChI=1S/C13H14BrN3OS/c1-17(2)7-12(18)16-13-15-11(8-19-13)9-3-5-10(14)6-4-9/h3-6,8H,7H2,1-2H3,(H,15,16,18). The van der Waals surface area contributed by atoms with Crippen molar-refractivity contribution >= 4 is 38.3 Å². The Morgan fingerprint density at radius 2 is 2.05 bits per heavy atom. The first kappa shape index (κ1) is 14.2. The maximum atomic E-state index is 11.6. The summed E-state index contributed by atoms with van der Waals surface area (Å²) in [6.45, 7) is 0.354. The molecule has 0 aliphatic heterocycles. The fourth-order valence-electron chi connectivity index (χ4n) is 1.53. The van der Waals surface area contributed by atoms with Crippen LogP contribution in [-0.4, -0.2) is 36.4 Å². The third-order valence-electron chi connectivity index (χ3n) is 2.35. The van der Waals surface area contributed by atoms with Crippen molar-refractivity contribution in [2.75, 3.05) is 26.0 Å². The molecule has 4 nitrogen and oxygen atoms in total. The summed E-state index contributed by atoms with van der Waals surface area (Å²) in [4.78, 5) is 17.8. The van der Waals surface area contributed by atoms with Crippen molar-refractivity contribution in [2.45, 2.75) is 0 Å². The Morgan fingerprint density at radius 3 is 2.68 bits per heavy atom. The van der Waals surface area contributed by atoms with Crippen molar-refractivity contribution in [3.8, 4) is 11.3 Å². The first-order chi connectivity index (χ1) is 9.04. The Kier molecular flexibility index (Phi) is 4.68. The molecule has 1 aromatic heterocycles. The Morgan fingerprint density at radius 1 is 1.37 bits per heavy atom. The molecule has 100 valence electrons. The summed E-state index contributed by atoms with van der Waals surface area (Å²) < 4.78 is 1.03. The number of rotatable bonds is 4. The molecule has 1 N–H and O–H groups in total. The molecule has 0 aliphatic rings. The number of amides is 1. The second-order valence-corrected chi connectivity index (χ2v) is 6.10. The Hall–Kier alpha value is -1.24. The molecule has 0 fully saturated rings. The van der Waals surface area contributed by atoms with Crippen molar-refractivity contribution in [3.63, 3.8) is 0 Å². The zero-order valence-electron chi connectivity index (χ0n) is 10.7. The molecule has 6 heteroatoms. The molecular weight excluding hydrogens is 326 g/mol. The number of nitrogens with one attached hydrogen (secondary N) is 1.